The predicted octanol–water partition coefficient (Wildman–Crippen LogP) is 2.52. The largest absolute Gasteiger partial charge is 0.339 e. The van der Waals surface area contributed by atoms with E-state index < -0.39 is 0 Å². The molecule has 0 spiro atoms. The lowest BCUT2D eigenvalue weighted by Crippen LogP contribution is -2.25. The van der Waals surface area contributed by atoms with Gasteiger partial charge in [-0.1, -0.05) is 16.5 Å². The Kier molecular flexibility index (Phi) is 5.45. The maximum Gasteiger partial charge on any atom is 0.262 e. The molecule has 0 fully saturated rings. The number of pyridine rings is 1. The third kappa shape index (κ3) is 4.27. The maximum atomic E-state index is 12.7. The summed E-state index contributed by atoms with van der Waals surface area (Å²) in [6, 6.07) is 3.57. The molecule has 3 aromatic rings. The molecule has 0 aromatic carbocycles. The molecule has 0 saturated carbocycles. The van der Waals surface area contributed by atoms with Gasteiger partial charge in [-0.3, -0.25) is 9.59 Å². The smallest absolute Gasteiger partial charge is 0.262 e. The first kappa shape index (κ1) is 18.9. The molecule has 0 saturated heterocycles. The van der Waals surface area contributed by atoms with Gasteiger partial charge in [-0.15, -0.1) is 10.2 Å². The van der Waals surface area contributed by atoms with Gasteiger partial charge in [0, 0.05) is 24.6 Å². The van der Waals surface area contributed by atoms with Crippen molar-refractivity contribution in [1.82, 2.24) is 24.9 Å². The highest BCUT2D eigenvalue weighted by Crippen LogP contribution is 2.16. The van der Waals surface area contributed by atoms with E-state index in [0.717, 1.165) is 10.7 Å². The van der Waals surface area contributed by atoms with Crippen LogP contribution in [0.4, 0.5) is 5.13 Å². The van der Waals surface area contributed by atoms with Crippen LogP contribution in [0, 0.1) is 13.8 Å². The Morgan fingerprint density at radius 1 is 1.30 bits per heavy atom. The number of hydrogen-bond acceptors (Lipinski definition) is 8. The molecule has 1 amide bonds. The zero-order valence-electron chi connectivity index (χ0n) is 15.5. The minimum Gasteiger partial charge on any atom is -0.339 e. The van der Waals surface area contributed by atoms with E-state index in [9.17, 15) is 9.59 Å². The molecule has 27 heavy (non-hydrogen) atoms. The molecule has 0 radical (unpaired) electrons. The van der Waals surface area contributed by atoms with Crippen molar-refractivity contribution in [1.29, 1.82) is 0 Å². The minimum absolute atomic E-state index is 0.0245. The monoisotopic (exact) mass is 388 g/mol. The first-order valence-electron chi connectivity index (χ1n) is 8.50. The van der Waals surface area contributed by atoms with Crippen molar-refractivity contribution in [3.63, 3.8) is 0 Å². The van der Waals surface area contributed by atoms with Crippen molar-refractivity contribution >= 4 is 22.4 Å². The van der Waals surface area contributed by atoms with Gasteiger partial charge >= 0.3 is 0 Å². The van der Waals surface area contributed by atoms with E-state index >= 15 is 0 Å². The van der Waals surface area contributed by atoms with Crippen molar-refractivity contribution in [3.8, 4) is 11.4 Å². The lowest BCUT2D eigenvalue weighted by molar-refractivity contribution is -0.116. The van der Waals surface area contributed by atoms with E-state index in [0.29, 0.717) is 16.6 Å². The summed E-state index contributed by atoms with van der Waals surface area (Å²) in [6.07, 6.45) is 0.422. The number of aryl methyl sites for hydroxylation is 3. The number of carbonyl (C=O) groups is 1. The van der Waals surface area contributed by atoms with Crippen LogP contribution < -0.4 is 10.9 Å². The Bertz CT molecular complexity index is 1020. The van der Waals surface area contributed by atoms with Gasteiger partial charge in [0.2, 0.25) is 22.8 Å². The molecule has 9 nitrogen and oxygen atoms in total. The van der Waals surface area contributed by atoms with Gasteiger partial charge in [-0.05, 0) is 39.8 Å². The molecule has 0 aliphatic heterocycles. The second kappa shape index (κ2) is 7.78. The molecule has 0 aliphatic carbocycles. The summed E-state index contributed by atoms with van der Waals surface area (Å²) in [5.74, 6) is 0.303. The summed E-state index contributed by atoms with van der Waals surface area (Å²) in [6.45, 7) is 7.58. The van der Waals surface area contributed by atoms with Crippen LogP contribution in [-0.2, 0) is 11.2 Å². The van der Waals surface area contributed by atoms with E-state index in [1.807, 2.05) is 33.8 Å². The Morgan fingerprint density at radius 2 is 2.07 bits per heavy atom. The van der Waals surface area contributed by atoms with Gasteiger partial charge in [0.1, 0.15) is 5.01 Å². The number of amides is 1. The van der Waals surface area contributed by atoms with Crippen LogP contribution in [0.1, 0.15) is 42.9 Å². The maximum absolute atomic E-state index is 12.7. The van der Waals surface area contributed by atoms with Gasteiger partial charge in [0.15, 0.2) is 0 Å². The van der Waals surface area contributed by atoms with Crippen molar-refractivity contribution in [2.45, 2.75) is 46.6 Å². The van der Waals surface area contributed by atoms with Crippen molar-refractivity contribution in [2.24, 2.45) is 0 Å². The molecule has 142 valence electrons. The molecule has 0 bridgehead atoms. The van der Waals surface area contributed by atoms with Gasteiger partial charge in [0.05, 0.1) is 5.56 Å². The minimum atomic E-state index is -0.219. The first-order valence-corrected chi connectivity index (χ1v) is 9.32. The highest BCUT2D eigenvalue weighted by Gasteiger charge is 2.17. The number of rotatable bonds is 6. The van der Waals surface area contributed by atoms with Crippen LogP contribution in [-0.4, -0.2) is 30.8 Å². The fraction of sp³-hybridized carbons (Fsp3) is 0.412. The fourth-order valence-electron chi connectivity index (χ4n) is 2.67. The first-order chi connectivity index (χ1) is 12.8. The SMILES string of the molecule is Cc1nnc(NC(=O)CCc2nc(-c3ccc(C)n(C(C)C)c3=O)no2)s1. The summed E-state index contributed by atoms with van der Waals surface area (Å²) in [4.78, 5) is 28.9. The molecular weight excluding hydrogens is 368 g/mol. The highest BCUT2D eigenvalue weighted by molar-refractivity contribution is 7.15. The van der Waals surface area contributed by atoms with Gasteiger partial charge in [-0.25, -0.2) is 0 Å². The van der Waals surface area contributed by atoms with Crippen LogP contribution in [0.3, 0.4) is 0 Å². The standard InChI is InChI=1S/C17H20N6O3S/c1-9(2)23-10(3)5-6-12(16(23)25)15-19-14(26-22-15)8-7-13(24)18-17-21-20-11(4)27-17/h5-6,9H,7-8H2,1-4H3,(H,18,21,24). The fourth-order valence-corrected chi connectivity index (χ4v) is 3.28. The zero-order chi connectivity index (χ0) is 19.6. The van der Waals surface area contributed by atoms with Crippen LogP contribution >= 0.6 is 11.3 Å². The van der Waals surface area contributed by atoms with Crippen LogP contribution in [0.5, 0.6) is 0 Å². The van der Waals surface area contributed by atoms with Crippen molar-refractivity contribution in [2.75, 3.05) is 5.32 Å². The second-order valence-corrected chi connectivity index (χ2v) is 7.53. The van der Waals surface area contributed by atoms with Crippen LogP contribution in [0.15, 0.2) is 21.5 Å². The van der Waals surface area contributed by atoms with Gasteiger partial charge in [-0.2, -0.15) is 4.98 Å². The van der Waals surface area contributed by atoms with Gasteiger partial charge < -0.3 is 14.4 Å². The van der Waals surface area contributed by atoms with E-state index in [4.69, 9.17) is 4.52 Å². The average Bonchev–Trinajstić information content (AvgIpc) is 3.22. The lowest BCUT2D eigenvalue weighted by Gasteiger charge is -2.14. The quantitative estimate of drug-likeness (QED) is 0.689. The summed E-state index contributed by atoms with van der Waals surface area (Å²) in [5.41, 5.74) is 1.07. The Hall–Kier alpha value is -2.88. The molecule has 1 N–H and O–H groups in total. The van der Waals surface area contributed by atoms with E-state index in [1.54, 1.807) is 10.6 Å². The summed E-state index contributed by atoms with van der Waals surface area (Å²) in [7, 11) is 0. The number of carbonyl (C=O) groups excluding carboxylic acids is 1. The Labute approximate surface area is 159 Å². The van der Waals surface area contributed by atoms with Crippen LogP contribution in [0.25, 0.3) is 11.4 Å². The highest BCUT2D eigenvalue weighted by atomic mass is 32.1. The summed E-state index contributed by atoms with van der Waals surface area (Å²) in [5, 5.41) is 15.5. The van der Waals surface area contributed by atoms with Gasteiger partial charge in [0.25, 0.3) is 5.56 Å². The van der Waals surface area contributed by atoms with Crippen LogP contribution in [0.2, 0.25) is 0 Å². The van der Waals surface area contributed by atoms with E-state index in [1.165, 1.54) is 11.3 Å². The predicted molar refractivity (Wildman–Crippen MR) is 101 cm³/mol. The molecule has 10 heteroatoms. The third-order valence-electron chi connectivity index (χ3n) is 3.88. The molecule has 0 aliphatic rings. The second-order valence-electron chi connectivity index (χ2n) is 6.34. The third-order valence-corrected chi connectivity index (χ3v) is 4.64. The molecule has 3 heterocycles. The topological polar surface area (TPSA) is 116 Å². The number of hydrogen-bond donors (Lipinski definition) is 1. The number of nitrogens with one attached hydrogen (secondary N) is 1. The number of aromatic nitrogens is 5. The summed E-state index contributed by atoms with van der Waals surface area (Å²) < 4.78 is 6.88. The molecule has 3 rings (SSSR count). The lowest BCUT2D eigenvalue weighted by atomic mass is 10.2. The molecular formula is C17H20N6O3S. The zero-order valence-corrected chi connectivity index (χ0v) is 16.3. The number of anilines is 1. The van der Waals surface area contributed by atoms with E-state index in [-0.39, 0.29) is 36.2 Å². The molecule has 0 atom stereocenters. The Balaban J connectivity index is 1.69. The Morgan fingerprint density at radius 3 is 2.74 bits per heavy atom. The summed E-state index contributed by atoms with van der Waals surface area (Å²) >= 11 is 1.30. The van der Waals surface area contributed by atoms with E-state index in [2.05, 4.69) is 25.7 Å². The normalized spacial score (nSPS) is 11.1. The number of nitrogens with zero attached hydrogens (tertiary/aromatic N) is 5. The molecule has 0 unspecified atom stereocenters. The van der Waals surface area contributed by atoms with Crippen molar-refractivity contribution < 1.29 is 9.32 Å². The average molecular weight is 388 g/mol. The van der Waals surface area contributed by atoms with Crippen molar-refractivity contribution in [3.05, 3.63) is 39.1 Å². The molecule has 3 aromatic heterocycles.